The Balaban J connectivity index is 1.71. The number of halogens is 1. The van der Waals surface area contributed by atoms with Gasteiger partial charge in [0.05, 0.1) is 29.5 Å². The van der Waals surface area contributed by atoms with Crippen molar-refractivity contribution in [2.24, 2.45) is 0 Å². The predicted molar refractivity (Wildman–Crippen MR) is 149 cm³/mol. The van der Waals surface area contributed by atoms with Gasteiger partial charge in [0.1, 0.15) is 18.2 Å². The number of para-hydroxylation sites is 1. The predicted octanol–water partition coefficient (Wildman–Crippen LogP) is 5.58. The Labute approximate surface area is 231 Å². The fourth-order valence-corrected chi connectivity index (χ4v) is 5.32. The first kappa shape index (κ1) is 27.2. The summed E-state index contributed by atoms with van der Waals surface area (Å²) in [6.45, 7) is 4.41. The van der Waals surface area contributed by atoms with Crippen LogP contribution in [0.5, 0.6) is 0 Å². The van der Waals surface area contributed by atoms with Gasteiger partial charge in [-0.1, -0.05) is 32.0 Å². The molecule has 2 N–H and O–H groups in total. The van der Waals surface area contributed by atoms with Crippen molar-refractivity contribution in [1.29, 1.82) is 0 Å². The molecule has 0 bridgehead atoms. The summed E-state index contributed by atoms with van der Waals surface area (Å²) in [6.07, 6.45) is 2.58. The van der Waals surface area contributed by atoms with E-state index in [4.69, 9.17) is 4.74 Å². The zero-order valence-corrected chi connectivity index (χ0v) is 22.4. The van der Waals surface area contributed by atoms with Crippen molar-refractivity contribution in [2.75, 3.05) is 5.32 Å². The third kappa shape index (κ3) is 5.79. The van der Waals surface area contributed by atoms with Crippen molar-refractivity contribution in [3.8, 4) is 22.5 Å². The number of hydrogen-bond donors (Lipinski definition) is 2. The lowest BCUT2D eigenvalue weighted by atomic mass is 9.97. The number of benzene rings is 2. The second-order valence-corrected chi connectivity index (χ2v) is 10.2. The molecule has 1 aliphatic rings. The van der Waals surface area contributed by atoms with Crippen LogP contribution in [0.15, 0.2) is 73.2 Å². The number of cyclic esters (lactones) is 1. The molecule has 9 heteroatoms. The van der Waals surface area contributed by atoms with Crippen LogP contribution in [-0.4, -0.2) is 43.7 Å². The van der Waals surface area contributed by atoms with Gasteiger partial charge >= 0.3 is 5.97 Å². The van der Waals surface area contributed by atoms with Crippen LogP contribution < -0.4 is 5.32 Å². The third-order valence-corrected chi connectivity index (χ3v) is 6.98. The van der Waals surface area contributed by atoms with Crippen molar-refractivity contribution in [3.63, 3.8) is 0 Å². The summed E-state index contributed by atoms with van der Waals surface area (Å²) in [5.41, 5.74) is 4.43. The monoisotopic (exact) mass is 542 g/mol. The van der Waals surface area contributed by atoms with E-state index in [-0.39, 0.29) is 24.1 Å². The van der Waals surface area contributed by atoms with Gasteiger partial charge in [-0.15, -0.1) is 0 Å². The molecule has 1 amide bonds. The number of ether oxygens (including phenoxy) is 1. The minimum atomic E-state index is -0.749. The maximum absolute atomic E-state index is 14.0. The largest absolute Gasteiger partial charge is 0.462 e. The highest BCUT2D eigenvalue weighted by molar-refractivity contribution is 6.12. The molecule has 2 aromatic heterocycles. The SMILES string of the molecule is CC(C)c1c(C(=O)Nc2ccccc2)c(-c2ccncn2)c(-c2ccc(F)cc2)n1CC[C@H]1C[C@@H](O)CC(=O)O1. The Bertz CT molecular complexity index is 1490. The number of carbonyl (C=O) groups is 2. The molecule has 1 saturated heterocycles. The summed E-state index contributed by atoms with van der Waals surface area (Å²) in [5.74, 6) is -1.20. The van der Waals surface area contributed by atoms with Gasteiger partial charge in [-0.05, 0) is 53.9 Å². The quantitative estimate of drug-likeness (QED) is 0.282. The molecule has 1 fully saturated rings. The number of aliphatic hydroxyl groups is 1. The van der Waals surface area contributed by atoms with Crippen molar-refractivity contribution in [1.82, 2.24) is 14.5 Å². The molecule has 8 nitrogen and oxygen atoms in total. The van der Waals surface area contributed by atoms with Crippen LogP contribution in [0, 0.1) is 5.82 Å². The molecule has 2 aromatic carbocycles. The van der Waals surface area contributed by atoms with E-state index in [9.17, 15) is 19.1 Å². The van der Waals surface area contributed by atoms with E-state index in [2.05, 4.69) is 15.3 Å². The summed E-state index contributed by atoms with van der Waals surface area (Å²) in [5, 5.41) is 13.2. The van der Waals surface area contributed by atoms with Gasteiger partial charge in [0.25, 0.3) is 5.91 Å². The Kier molecular flexibility index (Phi) is 8.02. The van der Waals surface area contributed by atoms with Crippen LogP contribution >= 0.6 is 0 Å². The van der Waals surface area contributed by atoms with Crippen LogP contribution in [0.2, 0.25) is 0 Å². The van der Waals surface area contributed by atoms with Crippen LogP contribution in [0.1, 0.15) is 55.1 Å². The number of nitrogens with one attached hydrogen (secondary N) is 1. The van der Waals surface area contributed by atoms with Gasteiger partial charge in [0.15, 0.2) is 0 Å². The molecule has 0 radical (unpaired) electrons. The average molecular weight is 543 g/mol. The molecule has 2 atom stereocenters. The molecular formula is C31H31FN4O4. The summed E-state index contributed by atoms with van der Waals surface area (Å²) >= 11 is 0. The molecule has 3 heterocycles. The highest BCUT2D eigenvalue weighted by Crippen LogP contribution is 2.42. The first-order valence-electron chi connectivity index (χ1n) is 13.3. The Hall–Kier alpha value is -4.37. The van der Waals surface area contributed by atoms with E-state index in [1.165, 1.54) is 18.5 Å². The number of nitrogens with zero attached hydrogens (tertiary/aromatic N) is 3. The maximum atomic E-state index is 14.0. The molecule has 0 spiro atoms. The molecule has 0 unspecified atom stereocenters. The topological polar surface area (TPSA) is 106 Å². The normalized spacial score (nSPS) is 17.1. The number of aliphatic hydroxyl groups excluding tert-OH is 1. The Morgan fingerprint density at radius 2 is 1.90 bits per heavy atom. The van der Waals surface area contributed by atoms with E-state index < -0.39 is 18.2 Å². The minimum Gasteiger partial charge on any atom is -0.462 e. The molecule has 5 rings (SSSR count). The fraction of sp³-hybridized carbons (Fsp3) is 0.290. The summed E-state index contributed by atoms with van der Waals surface area (Å²) in [7, 11) is 0. The molecule has 1 aliphatic heterocycles. The second-order valence-electron chi connectivity index (χ2n) is 10.2. The number of hydrogen-bond acceptors (Lipinski definition) is 6. The summed E-state index contributed by atoms with van der Waals surface area (Å²) < 4.78 is 21.6. The lowest BCUT2D eigenvalue weighted by Crippen LogP contribution is -2.33. The van der Waals surface area contributed by atoms with Crippen molar-refractivity contribution < 1.29 is 23.8 Å². The summed E-state index contributed by atoms with van der Waals surface area (Å²) in [4.78, 5) is 34.6. The van der Waals surface area contributed by atoms with Gasteiger partial charge in [-0.3, -0.25) is 9.59 Å². The lowest BCUT2D eigenvalue weighted by molar-refractivity contribution is -0.160. The first-order chi connectivity index (χ1) is 19.3. The average Bonchev–Trinajstić information content (AvgIpc) is 3.28. The zero-order valence-electron chi connectivity index (χ0n) is 22.4. The Morgan fingerprint density at radius 1 is 1.15 bits per heavy atom. The highest BCUT2D eigenvalue weighted by Gasteiger charge is 2.33. The van der Waals surface area contributed by atoms with Crippen molar-refractivity contribution in [2.45, 2.75) is 57.8 Å². The minimum absolute atomic E-state index is 0.0141. The fourth-order valence-electron chi connectivity index (χ4n) is 5.32. The van der Waals surface area contributed by atoms with Crippen molar-refractivity contribution in [3.05, 3.63) is 90.3 Å². The van der Waals surface area contributed by atoms with Crippen molar-refractivity contribution >= 4 is 17.6 Å². The number of amides is 1. The number of esters is 1. The van der Waals surface area contributed by atoms with Gasteiger partial charge in [-0.2, -0.15) is 0 Å². The Morgan fingerprint density at radius 3 is 2.55 bits per heavy atom. The number of anilines is 1. The second kappa shape index (κ2) is 11.8. The molecular weight excluding hydrogens is 511 g/mol. The van der Waals surface area contributed by atoms with E-state index >= 15 is 0 Å². The van der Waals surface area contributed by atoms with Crippen LogP contribution in [0.25, 0.3) is 22.5 Å². The van der Waals surface area contributed by atoms with Crippen LogP contribution in [0.3, 0.4) is 0 Å². The van der Waals surface area contributed by atoms with Crippen LogP contribution in [0.4, 0.5) is 10.1 Å². The van der Waals surface area contributed by atoms with E-state index in [1.807, 2.05) is 48.7 Å². The zero-order chi connectivity index (χ0) is 28.2. The maximum Gasteiger partial charge on any atom is 0.308 e. The molecule has 4 aromatic rings. The smallest absolute Gasteiger partial charge is 0.308 e. The van der Waals surface area contributed by atoms with Gasteiger partial charge in [0, 0.05) is 42.5 Å². The van der Waals surface area contributed by atoms with Gasteiger partial charge < -0.3 is 19.7 Å². The molecule has 0 aliphatic carbocycles. The van der Waals surface area contributed by atoms with E-state index in [1.54, 1.807) is 24.4 Å². The number of rotatable bonds is 8. The molecule has 206 valence electrons. The van der Waals surface area contributed by atoms with E-state index in [0.717, 1.165) is 5.69 Å². The molecule has 0 saturated carbocycles. The highest BCUT2D eigenvalue weighted by atomic mass is 19.1. The van der Waals surface area contributed by atoms with Crippen LogP contribution in [-0.2, 0) is 16.1 Å². The molecule has 40 heavy (non-hydrogen) atoms. The summed E-state index contributed by atoms with van der Waals surface area (Å²) in [6, 6.07) is 17.1. The first-order valence-corrected chi connectivity index (χ1v) is 13.3. The lowest BCUT2D eigenvalue weighted by Gasteiger charge is -2.27. The standard InChI is InChI=1S/C31H31FN4O4/c1-19(2)29-28(31(39)35-22-6-4-3-5-7-22)27(25-12-14-33-18-34-25)30(20-8-10-21(32)11-9-20)36(29)15-13-24-16-23(37)17-26(38)40-24/h3-12,14,18-19,23-24,37H,13,15-17H2,1-2H3,(H,35,39)/t23-,24+/m1/s1. The van der Waals surface area contributed by atoms with Gasteiger partial charge in [-0.25, -0.2) is 14.4 Å². The number of carbonyl (C=O) groups excluding carboxylic acids is 2. The number of aromatic nitrogens is 3. The van der Waals surface area contributed by atoms with Gasteiger partial charge in [0.2, 0.25) is 0 Å². The van der Waals surface area contributed by atoms with E-state index in [0.29, 0.717) is 53.2 Å². The third-order valence-electron chi connectivity index (χ3n) is 6.98.